The second kappa shape index (κ2) is 4.58. The second-order valence-corrected chi connectivity index (χ2v) is 7.34. The number of thiophene rings is 2. The van der Waals surface area contributed by atoms with Crippen LogP contribution in [0.3, 0.4) is 0 Å². The molecule has 2 N–H and O–H groups in total. The van der Waals surface area contributed by atoms with E-state index in [2.05, 4.69) is 42.6 Å². The Morgan fingerprint density at radius 2 is 2.15 bits per heavy atom. The number of hydrogen-bond acceptors (Lipinski definition) is 4. The lowest BCUT2D eigenvalue weighted by atomic mass is 10.0. The van der Waals surface area contributed by atoms with Crippen molar-refractivity contribution in [3.8, 4) is 5.75 Å². The molecule has 1 aromatic carbocycles. The normalized spacial score (nSPS) is 19.0. The van der Waals surface area contributed by atoms with Crippen molar-refractivity contribution in [2.75, 3.05) is 0 Å². The van der Waals surface area contributed by atoms with E-state index in [1.807, 2.05) is 0 Å². The fourth-order valence-corrected chi connectivity index (χ4v) is 4.89. The first-order chi connectivity index (χ1) is 9.70. The predicted octanol–water partition coefficient (Wildman–Crippen LogP) is 4.33. The van der Waals surface area contributed by atoms with Crippen LogP contribution in [0.1, 0.15) is 29.0 Å². The van der Waals surface area contributed by atoms with Gasteiger partial charge in [0.1, 0.15) is 11.9 Å². The fourth-order valence-electron chi connectivity index (χ4n) is 2.74. The van der Waals surface area contributed by atoms with Crippen LogP contribution in [0.25, 0.3) is 9.40 Å². The van der Waals surface area contributed by atoms with Crippen LogP contribution >= 0.6 is 22.7 Å². The van der Waals surface area contributed by atoms with Crippen molar-refractivity contribution in [2.24, 2.45) is 5.73 Å². The molecular weight excluding hydrogens is 286 g/mol. The summed E-state index contributed by atoms with van der Waals surface area (Å²) in [5.41, 5.74) is 8.90. The van der Waals surface area contributed by atoms with Gasteiger partial charge in [-0.15, -0.1) is 22.7 Å². The molecule has 0 spiro atoms. The fraction of sp³-hybridized carbons (Fsp3) is 0.250. The number of nitrogens with two attached hydrogens (primary N) is 1. The molecule has 0 amide bonds. The van der Waals surface area contributed by atoms with E-state index in [-0.39, 0.29) is 12.1 Å². The summed E-state index contributed by atoms with van der Waals surface area (Å²) in [6.07, 6.45) is 1.26. The molecule has 0 bridgehead atoms. The van der Waals surface area contributed by atoms with Crippen LogP contribution in [-0.2, 0) is 6.42 Å². The van der Waals surface area contributed by atoms with E-state index < -0.39 is 0 Å². The van der Waals surface area contributed by atoms with Crippen molar-refractivity contribution in [1.29, 1.82) is 0 Å². The molecule has 0 radical (unpaired) electrons. The van der Waals surface area contributed by atoms with Crippen LogP contribution in [0.5, 0.6) is 5.75 Å². The predicted molar refractivity (Wildman–Crippen MR) is 86.0 cm³/mol. The highest BCUT2D eigenvalue weighted by molar-refractivity contribution is 7.27. The number of hydrogen-bond donors (Lipinski definition) is 1. The van der Waals surface area contributed by atoms with Crippen LogP contribution in [0.4, 0.5) is 0 Å². The van der Waals surface area contributed by atoms with Gasteiger partial charge < -0.3 is 10.5 Å². The average molecular weight is 301 g/mol. The van der Waals surface area contributed by atoms with Crippen molar-refractivity contribution in [3.63, 3.8) is 0 Å². The molecule has 0 saturated heterocycles. The largest absolute Gasteiger partial charge is 0.490 e. The van der Waals surface area contributed by atoms with Gasteiger partial charge >= 0.3 is 0 Å². The topological polar surface area (TPSA) is 35.2 Å². The molecule has 0 saturated carbocycles. The zero-order valence-electron chi connectivity index (χ0n) is 11.1. The standard InChI is InChI=1S/C16H15NOS2/c1-9-6-11-7-10(2-3-12(11)18-9)16(17)15-8-14-13(20-15)4-5-19-14/h2-5,7-9,16H,6,17H2,1H3. The Bertz CT molecular complexity index is 745. The Morgan fingerprint density at radius 1 is 1.25 bits per heavy atom. The van der Waals surface area contributed by atoms with Gasteiger partial charge in [-0.25, -0.2) is 0 Å². The van der Waals surface area contributed by atoms with E-state index in [1.54, 1.807) is 22.7 Å². The molecule has 4 rings (SSSR count). The van der Waals surface area contributed by atoms with Crippen LogP contribution in [-0.4, -0.2) is 6.10 Å². The van der Waals surface area contributed by atoms with E-state index in [0.717, 1.165) is 12.2 Å². The molecule has 20 heavy (non-hydrogen) atoms. The van der Waals surface area contributed by atoms with Gasteiger partial charge in [0.15, 0.2) is 0 Å². The summed E-state index contributed by atoms with van der Waals surface area (Å²) in [6.45, 7) is 2.10. The molecule has 0 aliphatic carbocycles. The van der Waals surface area contributed by atoms with Gasteiger partial charge in [0.2, 0.25) is 0 Å². The molecule has 2 unspecified atom stereocenters. The Hall–Kier alpha value is -1.36. The van der Waals surface area contributed by atoms with Crippen molar-refractivity contribution < 1.29 is 4.74 Å². The van der Waals surface area contributed by atoms with E-state index in [0.29, 0.717) is 0 Å². The molecule has 2 atom stereocenters. The minimum atomic E-state index is -0.0409. The SMILES string of the molecule is CC1Cc2cc(C(N)c3cc4sccc4s3)ccc2O1. The molecule has 3 heterocycles. The maximum atomic E-state index is 6.44. The first-order valence-corrected chi connectivity index (χ1v) is 8.42. The van der Waals surface area contributed by atoms with E-state index in [1.165, 1.54) is 25.4 Å². The minimum Gasteiger partial charge on any atom is -0.490 e. The molecule has 1 aliphatic rings. The third-order valence-electron chi connectivity index (χ3n) is 3.74. The van der Waals surface area contributed by atoms with Crippen LogP contribution in [0.2, 0.25) is 0 Å². The van der Waals surface area contributed by atoms with Gasteiger partial charge in [0, 0.05) is 20.7 Å². The van der Waals surface area contributed by atoms with Crippen molar-refractivity contribution >= 4 is 32.1 Å². The average Bonchev–Trinajstić information content (AvgIpc) is 3.08. The highest BCUT2D eigenvalue weighted by atomic mass is 32.1. The minimum absolute atomic E-state index is 0.0409. The maximum Gasteiger partial charge on any atom is 0.123 e. The third-order valence-corrected chi connectivity index (χ3v) is 5.92. The van der Waals surface area contributed by atoms with Crippen LogP contribution in [0, 0.1) is 0 Å². The van der Waals surface area contributed by atoms with E-state index >= 15 is 0 Å². The highest BCUT2D eigenvalue weighted by Gasteiger charge is 2.21. The lowest BCUT2D eigenvalue weighted by Crippen LogP contribution is -2.10. The molecule has 4 heteroatoms. The van der Waals surface area contributed by atoms with Crippen molar-refractivity contribution in [1.82, 2.24) is 0 Å². The molecule has 0 fully saturated rings. The Kier molecular flexibility index (Phi) is 2.84. The lowest BCUT2D eigenvalue weighted by Gasteiger charge is -2.11. The summed E-state index contributed by atoms with van der Waals surface area (Å²) in [7, 11) is 0. The molecule has 102 valence electrons. The van der Waals surface area contributed by atoms with Gasteiger partial charge in [-0.1, -0.05) is 12.1 Å². The van der Waals surface area contributed by atoms with Gasteiger partial charge in [0.25, 0.3) is 0 Å². The molecule has 2 aromatic heterocycles. The molecule has 2 nitrogen and oxygen atoms in total. The van der Waals surface area contributed by atoms with Gasteiger partial charge in [-0.05, 0) is 41.6 Å². The molecule has 1 aliphatic heterocycles. The smallest absolute Gasteiger partial charge is 0.123 e. The molecule has 3 aromatic rings. The summed E-state index contributed by atoms with van der Waals surface area (Å²) >= 11 is 3.57. The Morgan fingerprint density at radius 3 is 3.00 bits per heavy atom. The Balaban J connectivity index is 1.70. The monoisotopic (exact) mass is 301 g/mol. The van der Waals surface area contributed by atoms with Crippen LogP contribution in [0.15, 0.2) is 35.7 Å². The summed E-state index contributed by atoms with van der Waals surface area (Å²) in [6, 6.07) is 10.7. The zero-order valence-corrected chi connectivity index (χ0v) is 12.8. The van der Waals surface area contributed by atoms with Crippen molar-refractivity contribution in [3.05, 3.63) is 51.7 Å². The second-order valence-electron chi connectivity index (χ2n) is 5.28. The number of ether oxygens (including phenoxy) is 1. The lowest BCUT2D eigenvalue weighted by molar-refractivity contribution is 0.254. The first-order valence-electron chi connectivity index (χ1n) is 6.73. The van der Waals surface area contributed by atoms with E-state index in [4.69, 9.17) is 10.5 Å². The van der Waals surface area contributed by atoms with E-state index in [9.17, 15) is 0 Å². The first kappa shape index (κ1) is 12.4. The van der Waals surface area contributed by atoms with Gasteiger partial charge in [-0.3, -0.25) is 0 Å². The number of rotatable bonds is 2. The van der Waals surface area contributed by atoms with Gasteiger partial charge in [0.05, 0.1) is 6.04 Å². The quantitative estimate of drug-likeness (QED) is 0.764. The van der Waals surface area contributed by atoms with Crippen molar-refractivity contribution in [2.45, 2.75) is 25.5 Å². The highest BCUT2D eigenvalue weighted by Crippen LogP contribution is 2.37. The van der Waals surface area contributed by atoms with Gasteiger partial charge in [-0.2, -0.15) is 0 Å². The summed E-state index contributed by atoms with van der Waals surface area (Å²) < 4.78 is 8.41. The van der Waals surface area contributed by atoms with Crippen LogP contribution < -0.4 is 10.5 Å². The summed E-state index contributed by atoms with van der Waals surface area (Å²) in [5.74, 6) is 1.01. The number of benzene rings is 1. The molecular formula is C16H15NOS2. The zero-order chi connectivity index (χ0) is 13.7. The maximum absolute atomic E-state index is 6.44. The summed E-state index contributed by atoms with van der Waals surface area (Å²) in [4.78, 5) is 1.23. The third kappa shape index (κ3) is 1.95. The summed E-state index contributed by atoms with van der Waals surface area (Å²) in [5, 5.41) is 2.13. The number of fused-ring (bicyclic) bond motifs is 2. The Labute approximate surface area is 125 Å².